The van der Waals surface area contributed by atoms with Crippen molar-refractivity contribution in [1.29, 1.82) is 0 Å². The van der Waals surface area contributed by atoms with Gasteiger partial charge in [-0.05, 0) is 37.6 Å². The highest BCUT2D eigenvalue weighted by Crippen LogP contribution is 2.37. The first-order valence-electron chi connectivity index (χ1n) is 10.1. The highest BCUT2D eigenvalue weighted by Gasteiger charge is 2.22. The van der Waals surface area contributed by atoms with Gasteiger partial charge in [-0.3, -0.25) is 14.9 Å². The van der Waals surface area contributed by atoms with Crippen molar-refractivity contribution in [2.75, 3.05) is 13.7 Å². The van der Waals surface area contributed by atoms with Crippen LogP contribution in [0.5, 0.6) is 11.5 Å². The van der Waals surface area contributed by atoms with Gasteiger partial charge in [0.2, 0.25) is 5.75 Å². The molecule has 32 heavy (non-hydrogen) atoms. The maximum absolute atomic E-state index is 13.2. The average Bonchev–Trinajstić information content (AvgIpc) is 2.78. The van der Waals surface area contributed by atoms with Crippen LogP contribution in [0, 0.1) is 10.1 Å². The number of rotatable bonds is 8. The summed E-state index contributed by atoms with van der Waals surface area (Å²) in [6.07, 6.45) is 2.14. The molecule has 0 aliphatic heterocycles. The summed E-state index contributed by atoms with van der Waals surface area (Å²) in [6, 6.07) is 8.21. The molecule has 0 saturated carbocycles. The molecule has 3 rings (SSSR count). The number of methoxy groups -OCH3 is 1. The summed E-state index contributed by atoms with van der Waals surface area (Å²) in [4.78, 5) is 28.9. The lowest BCUT2D eigenvalue weighted by atomic mass is 10.1. The molecular formula is C22H23BrN4O5. The number of benzene rings is 2. The van der Waals surface area contributed by atoms with Crippen LogP contribution in [0.2, 0.25) is 0 Å². The third-order valence-electron chi connectivity index (χ3n) is 4.97. The molecule has 0 amide bonds. The van der Waals surface area contributed by atoms with Crippen LogP contribution in [0.4, 0.5) is 5.69 Å². The zero-order chi connectivity index (χ0) is 23.4. The standard InChI is InChI=1S/C22H23BrN4O5/c1-5-13(3)21-25-17-8-7-15(23)11-16(17)22(28)26(21)24-12-14-9-18(27(29)30)20(31-4)19(10-14)32-6-2/h7-13H,5-6H2,1-4H3/t13-/m1/s1. The van der Waals surface area contributed by atoms with Crippen LogP contribution in [-0.2, 0) is 0 Å². The minimum Gasteiger partial charge on any atom is -0.490 e. The van der Waals surface area contributed by atoms with Gasteiger partial charge in [0.25, 0.3) is 5.56 Å². The first kappa shape index (κ1) is 23.4. The molecule has 3 aromatic rings. The Hall–Kier alpha value is -3.27. The zero-order valence-corrected chi connectivity index (χ0v) is 19.7. The number of hydrogen-bond acceptors (Lipinski definition) is 7. The number of ether oxygens (including phenoxy) is 2. The van der Waals surface area contributed by atoms with Gasteiger partial charge in [-0.2, -0.15) is 9.78 Å². The molecule has 2 aromatic carbocycles. The first-order chi connectivity index (χ1) is 15.3. The third-order valence-corrected chi connectivity index (χ3v) is 5.46. The van der Waals surface area contributed by atoms with Gasteiger partial charge < -0.3 is 9.47 Å². The first-order valence-corrected chi connectivity index (χ1v) is 10.9. The molecule has 0 aliphatic carbocycles. The number of aromatic nitrogens is 2. The molecule has 0 bridgehead atoms. The lowest BCUT2D eigenvalue weighted by molar-refractivity contribution is -0.385. The summed E-state index contributed by atoms with van der Waals surface area (Å²) < 4.78 is 12.7. The fourth-order valence-corrected chi connectivity index (χ4v) is 3.55. The van der Waals surface area contributed by atoms with Gasteiger partial charge in [0.05, 0.1) is 35.8 Å². The predicted molar refractivity (Wildman–Crippen MR) is 126 cm³/mol. The van der Waals surface area contributed by atoms with Crippen LogP contribution < -0.4 is 15.0 Å². The lowest BCUT2D eigenvalue weighted by Crippen LogP contribution is -2.23. The van der Waals surface area contributed by atoms with Gasteiger partial charge in [0.15, 0.2) is 5.75 Å². The van der Waals surface area contributed by atoms with E-state index < -0.39 is 4.92 Å². The Labute approximate surface area is 193 Å². The van der Waals surface area contributed by atoms with E-state index in [-0.39, 0.29) is 28.7 Å². The van der Waals surface area contributed by atoms with Crippen LogP contribution in [0.1, 0.15) is 44.5 Å². The maximum atomic E-state index is 13.2. The topological polar surface area (TPSA) is 109 Å². The second-order valence-corrected chi connectivity index (χ2v) is 7.98. The Morgan fingerprint density at radius 2 is 2.06 bits per heavy atom. The number of nitrogens with zero attached hydrogens (tertiary/aromatic N) is 4. The summed E-state index contributed by atoms with van der Waals surface area (Å²) in [5.74, 6) is 0.734. The van der Waals surface area contributed by atoms with Gasteiger partial charge in [-0.25, -0.2) is 4.98 Å². The molecule has 0 radical (unpaired) electrons. The molecule has 10 heteroatoms. The van der Waals surface area contributed by atoms with Gasteiger partial charge in [-0.15, -0.1) is 0 Å². The normalized spacial score (nSPS) is 12.3. The predicted octanol–water partition coefficient (Wildman–Crippen LogP) is 4.87. The SMILES string of the molecule is CCOc1cc(C=Nn2c([C@H](C)CC)nc3ccc(Br)cc3c2=O)cc([N+](=O)[O-])c1OC. The Kier molecular flexibility index (Phi) is 7.24. The molecule has 168 valence electrons. The van der Waals surface area contributed by atoms with E-state index >= 15 is 0 Å². The minimum absolute atomic E-state index is 0.0305. The van der Waals surface area contributed by atoms with E-state index in [0.29, 0.717) is 28.9 Å². The van der Waals surface area contributed by atoms with E-state index in [2.05, 4.69) is 26.0 Å². The van der Waals surface area contributed by atoms with Crippen LogP contribution in [0.25, 0.3) is 10.9 Å². The fourth-order valence-electron chi connectivity index (χ4n) is 3.19. The summed E-state index contributed by atoms with van der Waals surface area (Å²) in [7, 11) is 1.34. The number of nitro benzene ring substituents is 1. The van der Waals surface area contributed by atoms with Crippen molar-refractivity contribution in [2.45, 2.75) is 33.1 Å². The Morgan fingerprint density at radius 3 is 2.69 bits per heavy atom. The van der Waals surface area contributed by atoms with Crippen LogP contribution >= 0.6 is 15.9 Å². The van der Waals surface area contributed by atoms with E-state index in [1.165, 1.54) is 24.1 Å². The van der Waals surface area contributed by atoms with Crippen molar-refractivity contribution in [2.24, 2.45) is 5.10 Å². The number of hydrogen-bond donors (Lipinski definition) is 0. The Morgan fingerprint density at radius 1 is 1.31 bits per heavy atom. The minimum atomic E-state index is -0.551. The summed E-state index contributed by atoms with van der Waals surface area (Å²) in [5.41, 5.74) is 0.391. The summed E-state index contributed by atoms with van der Waals surface area (Å²) >= 11 is 3.38. The average molecular weight is 503 g/mol. The Bertz CT molecular complexity index is 1260. The van der Waals surface area contributed by atoms with Gasteiger partial charge in [0, 0.05) is 22.0 Å². The van der Waals surface area contributed by atoms with E-state index in [0.717, 1.165) is 10.9 Å². The highest BCUT2D eigenvalue weighted by atomic mass is 79.9. The maximum Gasteiger partial charge on any atom is 0.315 e. The Balaban J connectivity index is 2.20. The summed E-state index contributed by atoms with van der Waals surface area (Å²) in [6.45, 7) is 6.03. The lowest BCUT2D eigenvalue weighted by Gasteiger charge is -2.14. The molecule has 0 unspecified atom stereocenters. The van der Waals surface area contributed by atoms with Gasteiger partial charge in [0.1, 0.15) is 5.82 Å². The number of nitro groups is 1. The zero-order valence-electron chi connectivity index (χ0n) is 18.2. The van der Waals surface area contributed by atoms with E-state index in [1.54, 1.807) is 25.1 Å². The number of halogens is 1. The van der Waals surface area contributed by atoms with Gasteiger partial charge >= 0.3 is 5.69 Å². The van der Waals surface area contributed by atoms with Crippen molar-refractivity contribution in [3.8, 4) is 11.5 Å². The largest absolute Gasteiger partial charge is 0.490 e. The third kappa shape index (κ3) is 4.64. The molecule has 9 nitrogen and oxygen atoms in total. The quantitative estimate of drug-likeness (QED) is 0.247. The van der Waals surface area contributed by atoms with Crippen LogP contribution in [-0.4, -0.2) is 34.5 Å². The van der Waals surface area contributed by atoms with Crippen molar-refractivity contribution in [3.63, 3.8) is 0 Å². The monoisotopic (exact) mass is 502 g/mol. The smallest absolute Gasteiger partial charge is 0.315 e. The van der Waals surface area contributed by atoms with Crippen LogP contribution in [0.3, 0.4) is 0 Å². The molecule has 1 aromatic heterocycles. The molecule has 0 aliphatic rings. The van der Waals surface area contributed by atoms with Crippen molar-refractivity contribution in [1.82, 2.24) is 9.66 Å². The molecular weight excluding hydrogens is 480 g/mol. The van der Waals surface area contributed by atoms with Crippen molar-refractivity contribution in [3.05, 3.63) is 66.7 Å². The molecule has 1 atom stereocenters. The fraction of sp³-hybridized carbons (Fsp3) is 0.318. The van der Waals surface area contributed by atoms with Gasteiger partial charge in [-0.1, -0.05) is 29.8 Å². The van der Waals surface area contributed by atoms with E-state index in [4.69, 9.17) is 9.47 Å². The molecule has 0 N–H and O–H groups in total. The van der Waals surface area contributed by atoms with Crippen molar-refractivity contribution < 1.29 is 14.4 Å². The summed E-state index contributed by atoms with van der Waals surface area (Å²) in [5, 5.41) is 16.3. The second kappa shape index (κ2) is 9.90. The second-order valence-electron chi connectivity index (χ2n) is 7.06. The van der Waals surface area contributed by atoms with Crippen molar-refractivity contribution >= 4 is 38.7 Å². The molecule has 0 fully saturated rings. The molecule has 0 saturated heterocycles. The van der Waals surface area contributed by atoms with Crippen LogP contribution in [0.15, 0.2) is 44.7 Å². The van der Waals surface area contributed by atoms with E-state index in [1.807, 2.05) is 19.9 Å². The number of fused-ring (bicyclic) bond motifs is 1. The molecule has 1 heterocycles. The highest BCUT2D eigenvalue weighted by molar-refractivity contribution is 9.10. The molecule has 0 spiro atoms. The van der Waals surface area contributed by atoms with E-state index in [9.17, 15) is 14.9 Å².